The monoisotopic (exact) mass is 385 g/mol. The van der Waals surface area contributed by atoms with E-state index in [-0.39, 0.29) is 5.91 Å². The van der Waals surface area contributed by atoms with E-state index in [1.54, 1.807) is 14.2 Å². The average molecular weight is 386 g/mol. The van der Waals surface area contributed by atoms with Crippen molar-refractivity contribution in [2.45, 2.75) is 57.4 Å². The minimum atomic E-state index is -0.483. The van der Waals surface area contributed by atoms with E-state index in [1.807, 2.05) is 37.6 Å². The van der Waals surface area contributed by atoms with Crippen molar-refractivity contribution in [2.75, 3.05) is 20.8 Å². The highest BCUT2D eigenvalue weighted by molar-refractivity contribution is 5.88. The molecule has 1 N–H and O–H groups in total. The number of carbonyl (C=O) groups is 1. The van der Waals surface area contributed by atoms with Crippen LogP contribution in [-0.2, 0) is 16.8 Å². The first-order chi connectivity index (χ1) is 13.6. The Morgan fingerprint density at radius 3 is 2.57 bits per heavy atom. The molecule has 1 aliphatic rings. The molecule has 152 valence electrons. The van der Waals surface area contributed by atoms with Gasteiger partial charge in [-0.3, -0.25) is 4.79 Å². The molecule has 6 heteroatoms. The van der Waals surface area contributed by atoms with E-state index in [0.717, 1.165) is 49.9 Å². The molecule has 0 atom stereocenters. The van der Waals surface area contributed by atoms with Crippen molar-refractivity contribution in [1.82, 2.24) is 14.9 Å². The van der Waals surface area contributed by atoms with Gasteiger partial charge in [-0.25, -0.2) is 4.98 Å². The Morgan fingerprint density at radius 2 is 1.93 bits per heavy atom. The minimum absolute atomic E-state index is 0.127. The zero-order valence-corrected chi connectivity index (χ0v) is 17.2. The van der Waals surface area contributed by atoms with Crippen LogP contribution in [-0.4, -0.2) is 36.2 Å². The van der Waals surface area contributed by atoms with E-state index in [4.69, 9.17) is 9.47 Å². The third kappa shape index (κ3) is 4.16. The molecule has 0 radical (unpaired) electrons. The molecular weight excluding hydrogens is 354 g/mol. The predicted octanol–water partition coefficient (Wildman–Crippen LogP) is 3.62. The molecule has 6 nitrogen and oxygen atoms in total. The van der Waals surface area contributed by atoms with Crippen molar-refractivity contribution in [2.24, 2.45) is 0 Å². The molecule has 0 unspecified atom stereocenters. The Morgan fingerprint density at radius 1 is 1.18 bits per heavy atom. The summed E-state index contributed by atoms with van der Waals surface area (Å²) in [5.74, 6) is 1.49. The van der Waals surface area contributed by atoms with Crippen molar-refractivity contribution in [3.05, 3.63) is 42.0 Å². The Bertz CT molecular complexity index is 794. The van der Waals surface area contributed by atoms with E-state index < -0.39 is 5.41 Å². The highest BCUT2D eigenvalue weighted by Crippen LogP contribution is 2.42. The molecule has 1 amide bonds. The highest BCUT2D eigenvalue weighted by atomic mass is 16.5. The van der Waals surface area contributed by atoms with Crippen LogP contribution in [0.2, 0.25) is 0 Å². The SMILES string of the molecule is COc1ccc(C2(C(=O)NCCCn3cncc3C)CCCCC2)cc1OC. The predicted molar refractivity (Wildman–Crippen MR) is 109 cm³/mol. The van der Waals surface area contributed by atoms with Crippen LogP contribution >= 0.6 is 0 Å². The van der Waals surface area contributed by atoms with Crippen molar-refractivity contribution >= 4 is 5.91 Å². The second-order valence-corrected chi connectivity index (χ2v) is 7.55. The molecule has 0 bridgehead atoms. The van der Waals surface area contributed by atoms with Crippen LogP contribution in [0.25, 0.3) is 0 Å². The Labute approximate surface area is 167 Å². The number of aromatic nitrogens is 2. The first-order valence-corrected chi connectivity index (χ1v) is 10.1. The summed E-state index contributed by atoms with van der Waals surface area (Å²) in [6.07, 6.45) is 9.62. The lowest BCUT2D eigenvalue weighted by Crippen LogP contribution is -2.46. The number of nitrogens with zero attached hydrogens (tertiary/aromatic N) is 2. The lowest BCUT2D eigenvalue weighted by atomic mass is 9.68. The van der Waals surface area contributed by atoms with Crippen LogP contribution in [0, 0.1) is 6.92 Å². The van der Waals surface area contributed by atoms with Crippen molar-refractivity contribution in [3.8, 4) is 11.5 Å². The fraction of sp³-hybridized carbons (Fsp3) is 0.545. The molecule has 1 aliphatic carbocycles. The van der Waals surface area contributed by atoms with Gasteiger partial charge in [-0.1, -0.05) is 25.3 Å². The van der Waals surface area contributed by atoms with Gasteiger partial charge < -0.3 is 19.4 Å². The molecule has 0 aliphatic heterocycles. The topological polar surface area (TPSA) is 65.4 Å². The minimum Gasteiger partial charge on any atom is -0.493 e. The smallest absolute Gasteiger partial charge is 0.230 e. The molecule has 2 aromatic rings. The molecule has 1 fully saturated rings. The van der Waals surface area contributed by atoms with Crippen LogP contribution in [0.4, 0.5) is 0 Å². The van der Waals surface area contributed by atoms with Crippen LogP contribution in [0.1, 0.15) is 49.8 Å². The van der Waals surface area contributed by atoms with Crippen molar-refractivity contribution < 1.29 is 14.3 Å². The van der Waals surface area contributed by atoms with Gasteiger partial charge in [0.1, 0.15) is 0 Å². The molecule has 0 spiro atoms. The van der Waals surface area contributed by atoms with Gasteiger partial charge in [0.2, 0.25) is 5.91 Å². The number of rotatable bonds is 8. The second-order valence-electron chi connectivity index (χ2n) is 7.55. The molecule has 1 saturated carbocycles. The molecule has 1 aromatic heterocycles. The van der Waals surface area contributed by atoms with Gasteiger partial charge in [0, 0.05) is 25.0 Å². The Balaban J connectivity index is 1.71. The standard InChI is InChI=1S/C22H31N3O3/c1-17-15-23-16-25(17)13-7-12-24-21(26)22(10-5-4-6-11-22)18-8-9-19(27-2)20(14-18)28-3/h8-9,14-16H,4-7,10-13H2,1-3H3,(H,24,26). The molecular formula is C22H31N3O3. The van der Waals surface area contributed by atoms with E-state index >= 15 is 0 Å². The largest absolute Gasteiger partial charge is 0.493 e. The lowest BCUT2D eigenvalue weighted by Gasteiger charge is -2.36. The summed E-state index contributed by atoms with van der Waals surface area (Å²) in [4.78, 5) is 17.4. The zero-order chi connectivity index (χ0) is 20.0. The maximum Gasteiger partial charge on any atom is 0.230 e. The van der Waals surface area contributed by atoms with Crippen LogP contribution in [0.3, 0.4) is 0 Å². The molecule has 1 heterocycles. The average Bonchev–Trinajstić information content (AvgIpc) is 3.15. The number of methoxy groups -OCH3 is 2. The number of aryl methyl sites for hydroxylation is 2. The van der Waals surface area contributed by atoms with Gasteiger partial charge in [-0.2, -0.15) is 0 Å². The van der Waals surface area contributed by atoms with E-state index in [1.165, 1.54) is 6.42 Å². The van der Waals surface area contributed by atoms with Crippen molar-refractivity contribution in [3.63, 3.8) is 0 Å². The lowest BCUT2D eigenvalue weighted by molar-refractivity contribution is -0.128. The van der Waals surface area contributed by atoms with Gasteiger partial charge in [0.15, 0.2) is 11.5 Å². The van der Waals surface area contributed by atoms with Crippen LogP contribution in [0.15, 0.2) is 30.7 Å². The van der Waals surface area contributed by atoms with Gasteiger partial charge in [0.05, 0.1) is 26.0 Å². The summed E-state index contributed by atoms with van der Waals surface area (Å²) in [6.45, 7) is 3.56. The number of carbonyl (C=O) groups excluding carboxylic acids is 1. The maximum absolute atomic E-state index is 13.3. The maximum atomic E-state index is 13.3. The second kappa shape index (κ2) is 9.13. The first kappa shape index (κ1) is 20.2. The van der Waals surface area contributed by atoms with Crippen molar-refractivity contribution in [1.29, 1.82) is 0 Å². The van der Waals surface area contributed by atoms with Crippen LogP contribution in [0.5, 0.6) is 11.5 Å². The summed E-state index contributed by atoms with van der Waals surface area (Å²) >= 11 is 0. The van der Waals surface area contributed by atoms with Gasteiger partial charge in [0.25, 0.3) is 0 Å². The van der Waals surface area contributed by atoms with Crippen LogP contribution < -0.4 is 14.8 Å². The third-order valence-electron chi connectivity index (χ3n) is 5.86. The summed E-state index contributed by atoms with van der Waals surface area (Å²) in [5, 5.41) is 3.19. The summed E-state index contributed by atoms with van der Waals surface area (Å²) in [5.41, 5.74) is 1.68. The number of imidazole rings is 1. The normalized spacial score (nSPS) is 15.8. The number of benzene rings is 1. The number of nitrogens with one attached hydrogen (secondary N) is 1. The fourth-order valence-electron chi connectivity index (χ4n) is 4.18. The number of amides is 1. The van der Waals surface area contributed by atoms with E-state index in [9.17, 15) is 4.79 Å². The quantitative estimate of drug-likeness (QED) is 0.705. The summed E-state index contributed by atoms with van der Waals surface area (Å²) in [6, 6.07) is 5.89. The molecule has 0 saturated heterocycles. The van der Waals surface area contributed by atoms with E-state index in [2.05, 4.69) is 14.9 Å². The van der Waals surface area contributed by atoms with Gasteiger partial charge in [-0.05, 0) is 43.9 Å². The number of ether oxygens (including phenoxy) is 2. The Hall–Kier alpha value is -2.50. The Kier molecular flexibility index (Phi) is 6.60. The zero-order valence-electron chi connectivity index (χ0n) is 17.2. The van der Waals surface area contributed by atoms with Gasteiger partial charge >= 0.3 is 0 Å². The molecule has 1 aromatic carbocycles. The van der Waals surface area contributed by atoms with Gasteiger partial charge in [-0.15, -0.1) is 0 Å². The van der Waals surface area contributed by atoms with E-state index in [0.29, 0.717) is 18.0 Å². The fourth-order valence-corrected chi connectivity index (χ4v) is 4.18. The summed E-state index contributed by atoms with van der Waals surface area (Å²) < 4.78 is 12.9. The summed E-state index contributed by atoms with van der Waals surface area (Å²) in [7, 11) is 3.26. The molecule has 28 heavy (non-hydrogen) atoms. The third-order valence-corrected chi connectivity index (χ3v) is 5.86. The highest BCUT2D eigenvalue weighted by Gasteiger charge is 2.41. The number of hydrogen-bond acceptors (Lipinski definition) is 4. The molecule has 3 rings (SSSR count). The first-order valence-electron chi connectivity index (χ1n) is 10.1. The number of hydrogen-bond donors (Lipinski definition) is 1.